The number of hydrogen-bond acceptors (Lipinski definition) is 3. The summed E-state index contributed by atoms with van der Waals surface area (Å²) in [5.74, 6) is 1.94. The van der Waals surface area contributed by atoms with Crippen molar-refractivity contribution < 1.29 is 0 Å². The molecule has 3 heteroatoms. The second kappa shape index (κ2) is 12.4. The van der Waals surface area contributed by atoms with Gasteiger partial charge in [0.25, 0.3) is 0 Å². The van der Waals surface area contributed by atoms with E-state index in [0.29, 0.717) is 17.5 Å². The summed E-state index contributed by atoms with van der Waals surface area (Å²) in [6.07, 6.45) is 0. The molecule has 9 aromatic rings. The van der Waals surface area contributed by atoms with Crippen molar-refractivity contribution in [1.29, 1.82) is 0 Å². The molecule has 0 fully saturated rings. The molecule has 2 aliphatic carbocycles. The fraction of sp³-hybridized carbons (Fsp3) is 0.0192. The lowest BCUT2D eigenvalue weighted by atomic mass is 9.70. The van der Waals surface area contributed by atoms with Crippen LogP contribution in [0.5, 0.6) is 0 Å². The molecule has 0 radical (unpaired) electrons. The summed E-state index contributed by atoms with van der Waals surface area (Å²) in [6.45, 7) is 0. The Hall–Kier alpha value is -7.23. The standard InChI is InChI=1S/C52H33N3/c1-3-13-34(14-4-1)35-23-25-36(26-24-35)37-27-29-39(30-28-37)50-53-49(38-15-5-2-6-16-38)54-51(55-50)40-31-32-44-43-19-9-12-22-47(43)52(48(44)33-40)45-20-10-7-17-41(45)42-18-8-11-21-46(42)52/h1-33H. The largest absolute Gasteiger partial charge is 0.208 e. The maximum Gasteiger partial charge on any atom is 0.164 e. The van der Waals surface area contributed by atoms with Gasteiger partial charge in [-0.05, 0) is 72.8 Å². The van der Waals surface area contributed by atoms with Gasteiger partial charge in [0.05, 0.1) is 5.41 Å². The maximum atomic E-state index is 5.20. The zero-order chi connectivity index (χ0) is 36.3. The monoisotopic (exact) mass is 699 g/mol. The minimum absolute atomic E-state index is 0.442. The Balaban J connectivity index is 1.04. The van der Waals surface area contributed by atoms with Crippen molar-refractivity contribution >= 4 is 0 Å². The van der Waals surface area contributed by atoms with Crippen molar-refractivity contribution in [2.45, 2.75) is 5.41 Å². The Morgan fingerprint density at radius 1 is 0.236 bits per heavy atom. The van der Waals surface area contributed by atoms with Crippen molar-refractivity contribution in [2.24, 2.45) is 0 Å². The highest BCUT2D eigenvalue weighted by Gasteiger charge is 2.51. The number of hydrogen-bond donors (Lipinski definition) is 0. The van der Waals surface area contributed by atoms with Gasteiger partial charge in [-0.2, -0.15) is 0 Å². The van der Waals surface area contributed by atoms with E-state index < -0.39 is 5.41 Å². The van der Waals surface area contributed by atoms with E-state index in [0.717, 1.165) is 27.8 Å². The molecule has 0 aliphatic heterocycles. The zero-order valence-corrected chi connectivity index (χ0v) is 29.9. The first-order chi connectivity index (χ1) is 27.3. The van der Waals surface area contributed by atoms with Crippen LogP contribution in [0.3, 0.4) is 0 Å². The van der Waals surface area contributed by atoms with Crippen LogP contribution in [0.1, 0.15) is 22.3 Å². The number of benzene rings is 8. The van der Waals surface area contributed by atoms with Crippen LogP contribution in [0.25, 0.3) is 78.7 Å². The molecule has 0 N–H and O–H groups in total. The first kappa shape index (κ1) is 31.3. The Bertz CT molecular complexity index is 2830. The Kier molecular flexibility index (Phi) is 7.08. The van der Waals surface area contributed by atoms with Crippen molar-refractivity contribution in [2.75, 3.05) is 0 Å². The molecule has 2 aliphatic rings. The molecule has 55 heavy (non-hydrogen) atoms. The summed E-state index contributed by atoms with van der Waals surface area (Å²) < 4.78 is 0. The molecular weight excluding hydrogens is 667 g/mol. The first-order valence-electron chi connectivity index (χ1n) is 18.8. The Morgan fingerprint density at radius 3 is 1.02 bits per heavy atom. The van der Waals surface area contributed by atoms with Gasteiger partial charge in [-0.3, -0.25) is 0 Å². The number of nitrogens with zero attached hydrogens (tertiary/aromatic N) is 3. The molecule has 1 spiro atoms. The van der Waals surface area contributed by atoms with Crippen LogP contribution in [-0.2, 0) is 5.41 Å². The second-order valence-corrected chi connectivity index (χ2v) is 14.3. The van der Waals surface area contributed by atoms with Gasteiger partial charge < -0.3 is 0 Å². The highest BCUT2D eigenvalue weighted by molar-refractivity contribution is 5.95. The third-order valence-electron chi connectivity index (χ3n) is 11.4. The molecule has 1 aromatic heterocycles. The van der Waals surface area contributed by atoms with Gasteiger partial charge in [0.2, 0.25) is 0 Å². The predicted molar refractivity (Wildman–Crippen MR) is 223 cm³/mol. The maximum absolute atomic E-state index is 5.20. The number of fused-ring (bicyclic) bond motifs is 10. The van der Waals surface area contributed by atoms with E-state index >= 15 is 0 Å². The highest BCUT2D eigenvalue weighted by atomic mass is 15.0. The van der Waals surface area contributed by atoms with Crippen molar-refractivity contribution in [3.8, 4) is 78.7 Å². The van der Waals surface area contributed by atoms with E-state index in [4.69, 9.17) is 15.0 Å². The van der Waals surface area contributed by atoms with Crippen LogP contribution in [0.2, 0.25) is 0 Å². The van der Waals surface area contributed by atoms with Gasteiger partial charge in [-0.1, -0.05) is 194 Å². The van der Waals surface area contributed by atoms with Gasteiger partial charge in [-0.15, -0.1) is 0 Å². The van der Waals surface area contributed by atoms with Crippen molar-refractivity contribution in [3.05, 3.63) is 222 Å². The summed E-state index contributed by atoms with van der Waals surface area (Å²) in [4.78, 5) is 15.4. The van der Waals surface area contributed by atoms with Crippen LogP contribution in [-0.4, -0.2) is 15.0 Å². The van der Waals surface area contributed by atoms with Crippen LogP contribution in [0.15, 0.2) is 200 Å². The molecule has 0 unspecified atom stereocenters. The lowest BCUT2D eigenvalue weighted by molar-refractivity contribution is 0.794. The molecule has 0 saturated heterocycles. The third kappa shape index (κ3) is 4.87. The van der Waals surface area contributed by atoms with Crippen LogP contribution >= 0.6 is 0 Å². The molecule has 0 amide bonds. The lowest BCUT2D eigenvalue weighted by Gasteiger charge is -2.30. The Morgan fingerprint density at radius 2 is 0.545 bits per heavy atom. The van der Waals surface area contributed by atoms with Crippen molar-refractivity contribution in [3.63, 3.8) is 0 Å². The van der Waals surface area contributed by atoms with E-state index in [-0.39, 0.29) is 0 Å². The first-order valence-corrected chi connectivity index (χ1v) is 18.8. The average molecular weight is 700 g/mol. The number of rotatable bonds is 5. The van der Waals surface area contributed by atoms with Gasteiger partial charge in [0.1, 0.15) is 0 Å². The van der Waals surface area contributed by atoms with Crippen LogP contribution in [0, 0.1) is 0 Å². The van der Waals surface area contributed by atoms with E-state index in [1.54, 1.807) is 0 Å². The van der Waals surface area contributed by atoms with E-state index in [1.807, 2.05) is 24.3 Å². The summed E-state index contributed by atoms with van der Waals surface area (Å²) in [6, 6.07) is 71.5. The normalized spacial score (nSPS) is 12.9. The average Bonchev–Trinajstić information content (AvgIpc) is 3.74. The minimum atomic E-state index is -0.442. The van der Waals surface area contributed by atoms with E-state index in [1.165, 1.54) is 55.6 Å². The molecule has 0 bridgehead atoms. The fourth-order valence-electron chi connectivity index (χ4n) is 8.88. The molecule has 3 nitrogen and oxygen atoms in total. The molecule has 0 saturated carbocycles. The Labute approximate surface area is 320 Å². The van der Waals surface area contributed by atoms with Gasteiger partial charge >= 0.3 is 0 Å². The van der Waals surface area contributed by atoms with Gasteiger partial charge in [0, 0.05) is 16.7 Å². The molecule has 8 aromatic carbocycles. The third-order valence-corrected chi connectivity index (χ3v) is 11.4. The van der Waals surface area contributed by atoms with Gasteiger partial charge in [-0.25, -0.2) is 15.0 Å². The van der Waals surface area contributed by atoms with Crippen LogP contribution in [0.4, 0.5) is 0 Å². The predicted octanol–water partition coefficient (Wildman–Crippen LogP) is 12.6. The highest BCUT2D eigenvalue weighted by Crippen LogP contribution is 2.63. The van der Waals surface area contributed by atoms with E-state index in [9.17, 15) is 0 Å². The fourth-order valence-corrected chi connectivity index (χ4v) is 8.88. The quantitative estimate of drug-likeness (QED) is 0.179. The zero-order valence-electron chi connectivity index (χ0n) is 29.9. The summed E-state index contributed by atoms with van der Waals surface area (Å²) >= 11 is 0. The summed E-state index contributed by atoms with van der Waals surface area (Å²) in [5, 5.41) is 0. The topological polar surface area (TPSA) is 38.7 Å². The second-order valence-electron chi connectivity index (χ2n) is 14.3. The lowest BCUT2D eigenvalue weighted by Crippen LogP contribution is -2.25. The van der Waals surface area contributed by atoms with Gasteiger partial charge in [0.15, 0.2) is 17.5 Å². The number of aromatic nitrogens is 3. The SMILES string of the molecule is c1ccc(-c2ccc(-c3ccc(-c4nc(-c5ccccc5)nc(-c5ccc6c(c5)C5(c7ccccc7-c7ccccc75)c5ccccc5-6)n4)cc3)cc2)cc1. The summed E-state index contributed by atoms with van der Waals surface area (Å²) in [7, 11) is 0. The smallest absolute Gasteiger partial charge is 0.164 e. The molecule has 11 rings (SSSR count). The van der Waals surface area contributed by atoms with Crippen LogP contribution < -0.4 is 0 Å². The molecule has 1 heterocycles. The molecular formula is C52H33N3. The summed E-state index contributed by atoms with van der Waals surface area (Å²) in [5.41, 5.74) is 17.4. The minimum Gasteiger partial charge on any atom is -0.208 e. The molecule has 0 atom stereocenters. The van der Waals surface area contributed by atoms with E-state index in [2.05, 4.69) is 176 Å². The van der Waals surface area contributed by atoms with Crippen molar-refractivity contribution in [1.82, 2.24) is 15.0 Å². The molecule has 256 valence electrons.